The lowest BCUT2D eigenvalue weighted by Crippen LogP contribution is -2.62. The largest absolute Gasteiger partial charge is 0.343 e. The zero-order chi connectivity index (χ0) is 59.9. The summed E-state index contributed by atoms with van der Waals surface area (Å²) in [5.74, 6) is -7.84. The summed E-state index contributed by atoms with van der Waals surface area (Å²) in [7, 11) is 0. The number of benzene rings is 2. The Hall–Kier alpha value is -7.02. The van der Waals surface area contributed by atoms with Crippen molar-refractivity contribution in [2.24, 2.45) is 34.8 Å². The molecule has 0 radical (unpaired) electrons. The molecule has 3 heterocycles. The van der Waals surface area contributed by atoms with Crippen LogP contribution >= 0.6 is 0 Å². The first-order valence-electron chi connectivity index (χ1n) is 29.2. The highest BCUT2D eigenvalue weighted by molar-refractivity contribution is 6.00. The number of nitrogens with two attached hydrogens (primary N) is 4. The maximum Gasteiger partial charge on any atom is 0.246 e. The second-order valence-corrected chi connectivity index (χ2v) is 22.3. The first kappa shape index (κ1) is 65.8. The number of amides is 10. The number of carbonyl (C=O) groups excluding carboxylic acids is 10. The van der Waals surface area contributed by atoms with Crippen molar-refractivity contribution >= 4 is 59.1 Å². The molecule has 10 amide bonds. The van der Waals surface area contributed by atoms with Crippen LogP contribution in [0.25, 0.3) is 0 Å². The van der Waals surface area contributed by atoms with E-state index in [1.54, 1.807) is 88.4 Å². The van der Waals surface area contributed by atoms with Crippen LogP contribution in [0.3, 0.4) is 0 Å². The molecule has 3 saturated heterocycles. The Morgan fingerprint density at radius 3 is 0.963 bits per heavy atom. The maximum absolute atomic E-state index is 14.9. The summed E-state index contributed by atoms with van der Waals surface area (Å²) in [5.41, 5.74) is 25.0. The molecule has 0 bridgehead atoms. The number of fused-ring (bicyclic) bond motifs is 2. The molecule has 2 aromatic carbocycles. The van der Waals surface area contributed by atoms with Crippen LogP contribution in [0.1, 0.15) is 116 Å². The van der Waals surface area contributed by atoms with E-state index in [1.165, 1.54) is 9.80 Å². The molecule has 2 aromatic rings. The average Bonchev–Trinajstić information content (AvgIpc) is 4.21. The predicted octanol–water partition coefficient (Wildman–Crippen LogP) is -1.39. The lowest BCUT2D eigenvalue weighted by Gasteiger charge is -2.32. The van der Waals surface area contributed by atoms with Gasteiger partial charge in [0.2, 0.25) is 59.1 Å². The number of rotatable bonds is 18. The summed E-state index contributed by atoms with van der Waals surface area (Å²) in [4.78, 5) is 148. The van der Waals surface area contributed by atoms with Gasteiger partial charge in [0, 0.05) is 25.9 Å². The lowest BCUT2D eigenvalue weighted by atomic mass is 9.99. The van der Waals surface area contributed by atoms with Gasteiger partial charge in [0.25, 0.3) is 0 Å². The molecule has 3 aliphatic heterocycles. The van der Waals surface area contributed by atoms with Crippen molar-refractivity contribution in [2.75, 3.05) is 39.3 Å². The Morgan fingerprint density at radius 2 is 0.671 bits per heavy atom. The van der Waals surface area contributed by atoms with Gasteiger partial charge < -0.3 is 75.3 Å². The Labute approximate surface area is 481 Å². The van der Waals surface area contributed by atoms with Crippen LogP contribution in [0, 0.1) is 11.8 Å². The van der Waals surface area contributed by atoms with Gasteiger partial charge in [-0.25, -0.2) is 0 Å². The zero-order valence-electron chi connectivity index (χ0n) is 48.1. The van der Waals surface area contributed by atoms with Gasteiger partial charge in [0.05, 0.1) is 0 Å². The lowest BCUT2D eigenvalue weighted by molar-refractivity contribution is -0.143. The molecule has 24 heteroatoms. The van der Waals surface area contributed by atoms with Crippen LogP contribution in [-0.4, -0.2) is 169 Å². The topological polar surface area (TPSA) is 377 Å². The molecule has 0 saturated carbocycles. The highest BCUT2D eigenvalue weighted by Crippen LogP contribution is 2.23. The van der Waals surface area contributed by atoms with E-state index in [1.807, 2.05) is 0 Å². The Morgan fingerprint density at radius 1 is 0.390 bits per heavy atom. The number of nitrogens with zero attached hydrogens (tertiary/aromatic N) is 2. The molecular weight excluding hydrogens is 1050 g/mol. The minimum atomic E-state index is -1.25. The van der Waals surface area contributed by atoms with E-state index in [9.17, 15) is 47.9 Å². The fourth-order valence-electron chi connectivity index (χ4n) is 10.7. The van der Waals surface area contributed by atoms with E-state index >= 15 is 0 Å². The summed E-state index contributed by atoms with van der Waals surface area (Å²) in [5, 5.41) is 22.5. The highest BCUT2D eigenvalue weighted by Gasteiger charge is 2.43. The van der Waals surface area contributed by atoms with Gasteiger partial charge in [-0.05, 0) is 126 Å². The number of nitrogens with one attached hydrogen (secondary N) is 8. The molecule has 3 aliphatic rings. The van der Waals surface area contributed by atoms with Crippen LogP contribution in [0.2, 0.25) is 0 Å². The fraction of sp³-hybridized carbons (Fsp3) is 0.621. The van der Waals surface area contributed by atoms with Crippen molar-refractivity contribution in [1.29, 1.82) is 0 Å². The molecule has 5 rings (SSSR count). The summed E-state index contributed by atoms with van der Waals surface area (Å²) in [6.45, 7) is 7.72. The van der Waals surface area contributed by atoms with Crippen LogP contribution in [0.5, 0.6) is 0 Å². The SMILES string of the molecule is CC(C)[C@@H]1NC(=O)[C@H](CCCN)NC(=O)[C@@H]2CCCN2C(=O)[C@@H](Cc2ccccc2)NC(=O)[C@H](CCCN)NC(=O)[C@@H](C(C)C)NC(=O)[C@H](CCCN)NC(=O)[C@@H]2CCCN2C(=O)[C@@H](Cc2ccccc2)NC(=O)[C@H](CCCN)NC1=O. The summed E-state index contributed by atoms with van der Waals surface area (Å²) in [6.07, 6.45) is 2.69. The van der Waals surface area contributed by atoms with Crippen molar-refractivity contribution in [3.63, 3.8) is 0 Å². The van der Waals surface area contributed by atoms with Gasteiger partial charge in [0.1, 0.15) is 60.4 Å². The number of hydrogen-bond acceptors (Lipinski definition) is 14. The van der Waals surface area contributed by atoms with Gasteiger partial charge >= 0.3 is 0 Å². The summed E-state index contributed by atoms with van der Waals surface area (Å²) < 4.78 is 0. The predicted molar refractivity (Wildman–Crippen MR) is 308 cm³/mol. The average molecular weight is 1140 g/mol. The third kappa shape index (κ3) is 19.0. The molecule has 3 fully saturated rings. The monoisotopic (exact) mass is 1140 g/mol. The van der Waals surface area contributed by atoms with E-state index in [2.05, 4.69) is 42.5 Å². The molecule has 0 aromatic heterocycles. The minimum absolute atomic E-state index is 0.00433. The second-order valence-electron chi connectivity index (χ2n) is 22.3. The van der Waals surface area contributed by atoms with Crippen molar-refractivity contribution in [3.05, 3.63) is 71.8 Å². The van der Waals surface area contributed by atoms with Gasteiger partial charge in [-0.1, -0.05) is 88.4 Å². The smallest absolute Gasteiger partial charge is 0.246 e. The third-order valence-corrected chi connectivity index (χ3v) is 15.3. The Bertz CT molecular complexity index is 2300. The third-order valence-electron chi connectivity index (χ3n) is 15.3. The van der Waals surface area contributed by atoms with Gasteiger partial charge in [-0.3, -0.25) is 47.9 Å². The Balaban J connectivity index is 1.58. The summed E-state index contributed by atoms with van der Waals surface area (Å²) >= 11 is 0. The molecule has 0 spiro atoms. The van der Waals surface area contributed by atoms with E-state index in [0.29, 0.717) is 36.8 Å². The van der Waals surface area contributed by atoms with Crippen molar-refractivity contribution < 1.29 is 47.9 Å². The first-order chi connectivity index (χ1) is 39.3. The Kier molecular flexibility index (Phi) is 26.6. The van der Waals surface area contributed by atoms with Crippen molar-refractivity contribution in [1.82, 2.24) is 52.3 Å². The van der Waals surface area contributed by atoms with E-state index in [0.717, 1.165) is 0 Å². The molecule has 10 atom stereocenters. The molecule has 452 valence electrons. The van der Waals surface area contributed by atoms with Gasteiger partial charge in [-0.15, -0.1) is 0 Å². The van der Waals surface area contributed by atoms with Crippen LogP contribution in [-0.2, 0) is 60.8 Å². The maximum atomic E-state index is 14.9. The number of hydrogen-bond donors (Lipinski definition) is 12. The van der Waals surface area contributed by atoms with Gasteiger partial charge in [0.15, 0.2) is 0 Å². The second kappa shape index (κ2) is 33.2. The van der Waals surface area contributed by atoms with Crippen molar-refractivity contribution in [2.45, 2.75) is 178 Å². The van der Waals surface area contributed by atoms with Crippen molar-refractivity contribution in [3.8, 4) is 0 Å². The fourth-order valence-corrected chi connectivity index (χ4v) is 10.7. The molecule has 0 unspecified atom stereocenters. The first-order valence-corrected chi connectivity index (χ1v) is 29.2. The van der Waals surface area contributed by atoms with E-state index in [-0.39, 0.29) is 103 Å². The summed E-state index contributed by atoms with van der Waals surface area (Å²) in [6, 6.07) is 5.84. The molecular formula is C58H90N14O10. The standard InChI is InChI=1S/C58H90N14O10/c1-35(2)47-55(79)65-39(21-11-27-59)49(73)67-43(33-37-17-7-5-8-18-37)57(81)72-32-16-26-46(72)54(78)64-42(24-14-30-62)52(76)70-48(36(3)4)56(80)66-40(22-12-28-60)50(74)68-44(34-38-19-9-6-10-20-38)58(82)71-31-15-25-45(71)53(77)63-41(23-13-29-61)51(75)69-47/h5-10,17-20,35-36,39-48H,11-16,21-34,59-62H2,1-4H3,(H,63,77)(H,64,78)(H,65,79)(H,66,80)(H,67,73)(H,68,74)(H,69,75)(H,70,76)/t39-,40-,41-,42-,43+,44+,45-,46-,47-,48+/m0/s1. The van der Waals surface area contributed by atoms with E-state index < -0.39 is 131 Å². The van der Waals surface area contributed by atoms with Crippen LogP contribution in [0.4, 0.5) is 0 Å². The quantitative estimate of drug-likeness (QED) is 0.0819. The van der Waals surface area contributed by atoms with Gasteiger partial charge in [-0.2, -0.15) is 0 Å². The molecule has 24 nitrogen and oxygen atoms in total. The zero-order valence-corrected chi connectivity index (χ0v) is 48.1. The molecule has 0 aliphatic carbocycles. The molecule has 16 N–H and O–H groups in total. The number of carbonyl (C=O) groups is 10. The van der Waals surface area contributed by atoms with Crippen LogP contribution < -0.4 is 65.5 Å². The highest BCUT2D eigenvalue weighted by atomic mass is 16.2. The molecule has 82 heavy (non-hydrogen) atoms. The van der Waals surface area contributed by atoms with E-state index in [4.69, 9.17) is 22.9 Å². The van der Waals surface area contributed by atoms with Crippen LogP contribution in [0.15, 0.2) is 60.7 Å². The normalized spacial score (nSPS) is 26.4. The minimum Gasteiger partial charge on any atom is -0.343 e.